The van der Waals surface area contributed by atoms with Crippen LogP contribution in [0.5, 0.6) is 5.75 Å². The van der Waals surface area contributed by atoms with E-state index >= 15 is 0 Å². The maximum absolute atomic E-state index is 12.4. The van der Waals surface area contributed by atoms with E-state index in [4.69, 9.17) is 5.11 Å². The van der Waals surface area contributed by atoms with Crippen LogP contribution in [0.4, 0.5) is 18.0 Å². The van der Waals surface area contributed by atoms with Gasteiger partial charge in [-0.25, -0.2) is 4.79 Å². The van der Waals surface area contributed by atoms with Gasteiger partial charge in [-0.05, 0) is 29.7 Å². The molecule has 1 amide bonds. The minimum atomic E-state index is -5.90. The van der Waals surface area contributed by atoms with Gasteiger partial charge >= 0.3 is 21.7 Å². The summed E-state index contributed by atoms with van der Waals surface area (Å²) in [6.45, 7) is 0.0338. The number of benzene rings is 1. The van der Waals surface area contributed by atoms with Crippen molar-refractivity contribution in [1.82, 2.24) is 4.90 Å². The van der Waals surface area contributed by atoms with Crippen LogP contribution < -0.4 is 4.18 Å². The molecule has 0 saturated heterocycles. The molecular weight excluding hydrogens is 343 g/mol. The molecule has 0 atom stereocenters. The van der Waals surface area contributed by atoms with Gasteiger partial charge in [0, 0.05) is 13.1 Å². The summed E-state index contributed by atoms with van der Waals surface area (Å²) in [5.41, 5.74) is -5.22. The third-order valence-electron chi connectivity index (χ3n) is 3.22. The fourth-order valence-electron chi connectivity index (χ4n) is 2.10. The summed E-state index contributed by atoms with van der Waals surface area (Å²) in [5.74, 6) is -0.736. The second-order valence-corrected chi connectivity index (χ2v) is 6.25. The lowest BCUT2D eigenvalue weighted by Gasteiger charge is -2.27. The number of aldehydes is 1. The van der Waals surface area contributed by atoms with Crippen molar-refractivity contribution in [2.45, 2.75) is 18.5 Å². The lowest BCUT2D eigenvalue weighted by molar-refractivity contribution is -0.0500. The van der Waals surface area contributed by atoms with Crippen LogP contribution in [0.25, 0.3) is 0 Å². The molecule has 0 fully saturated rings. The van der Waals surface area contributed by atoms with Crippen LogP contribution in [0.1, 0.15) is 21.5 Å². The minimum absolute atomic E-state index is 0.0577. The lowest BCUT2D eigenvalue weighted by atomic mass is 9.97. The number of halogens is 3. The van der Waals surface area contributed by atoms with Gasteiger partial charge in [-0.15, -0.1) is 0 Å². The van der Waals surface area contributed by atoms with Gasteiger partial charge in [0.25, 0.3) is 0 Å². The monoisotopic (exact) mass is 353 g/mol. The highest BCUT2D eigenvalue weighted by atomic mass is 32.2. The Morgan fingerprint density at radius 2 is 1.96 bits per heavy atom. The molecule has 0 bridgehead atoms. The van der Waals surface area contributed by atoms with E-state index in [1.54, 1.807) is 0 Å². The number of hydrogen-bond acceptors (Lipinski definition) is 5. The van der Waals surface area contributed by atoms with Crippen molar-refractivity contribution in [1.29, 1.82) is 0 Å². The van der Waals surface area contributed by atoms with E-state index in [2.05, 4.69) is 4.18 Å². The largest absolute Gasteiger partial charge is 0.534 e. The van der Waals surface area contributed by atoms with Gasteiger partial charge in [-0.2, -0.15) is 21.6 Å². The van der Waals surface area contributed by atoms with Gasteiger partial charge < -0.3 is 14.2 Å². The van der Waals surface area contributed by atoms with E-state index in [-0.39, 0.29) is 25.8 Å². The summed E-state index contributed by atoms with van der Waals surface area (Å²) < 4.78 is 63.2. The quantitative estimate of drug-likeness (QED) is 0.505. The van der Waals surface area contributed by atoms with Crippen LogP contribution in [-0.4, -0.2) is 42.9 Å². The SMILES string of the molecule is O=Cc1cc2c(cc1OS(=O)(=O)C(F)(F)F)CCN(C(=O)O)C2. The average molecular weight is 353 g/mol. The van der Waals surface area contributed by atoms with Crippen molar-refractivity contribution in [3.63, 3.8) is 0 Å². The first-order chi connectivity index (χ1) is 10.5. The maximum Gasteiger partial charge on any atom is 0.534 e. The van der Waals surface area contributed by atoms with Crippen LogP contribution in [0, 0.1) is 0 Å². The van der Waals surface area contributed by atoms with Gasteiger partial charge in [-0.3, -0.25) is 4.79 Å². The van der Waals surface area contributed by atoms with Gasteiger partial charge in [0.15, 0.2) is 12.0 Å². The summed E-state index contributed by atoms with van der Waals surface area (Å²) in [4.78, 5) is 22.9. The van der Waals surface area contributed by atoms with Crippen molar-refractivity contribution in [3.8, 4) is 5.75 Å². The third-order valence-corrected chi connectivity index (χ3v) is 4.19. The molecule has 0 aliphatic carbocycles. The van der Waals surface area contributed by atoms with E-state index in [0.29, 0.717) is 11.1 Å². The Hall–Kier alpha value is -2.30. The minimum Gasteiger partial charge on any atom is -0.465 e. The molecule has 1 aliphatic rings. The fourth-order valence-corrected chi connectivity index (χ4v) is 2.57. The van der Waals surface area contributed by atoms with Crippen molar-refractivity contribution in [2.75, 3.05) is 6.54 Å². The maximum atomic E-state index is 12.4. The Morgan fingerprint density at radius 3 is 2.48 bits per heavy atom. The number of carboxylic acid groups (broad SMARTS) is 1. The molecule has 0 unspecified atom stereocenters. The Morgan fingerprint density at radius 1 is 1.30 bits per heavy atom. The Balaban J connectivity index is 2.41. The van der Waals surface area contributed by atoms with Gasteiger partial charge in [0.2, 0.25) is 0 Å². The third kappa shape index (κ3) is 3.38. The molecule has 11 heteroatoms. The van der Waals surface area contributed by atoms with Gasteiger partial charge in [0.05, 0.1) is 5.56 Å². The second kappa shape index (κ2) is 5.72. The molecule has 1 aromatic rings. The molecule has 0 aromatic heterocycles. The molecular formula is C12H10F3NO6S. The normalized spacial score (nSPS) is 15.0. The molecule has 0 saturated carbocycles. The van der Waals surface area contributed by atoms with Crippen molar-refractivity contribution >= 4 is 22.5 Å². The molecule has 1 N–H and O–H groups in total. The highest BCUT2D eigenvalue weighted by Crippen LogP contribution is 2.32. The number of alkyl halides is 3. The molecule has 2 rings (SSSR count). The van der Waals surface area contributed by atoms with E-state index in [1.165, 1.54) is 0 Å². The molecule has 7 nitrogen and oxygen atoms in total. The Bertz CT molecular complexity index is 759. The predicted molar refractivity (Wildman–Crippen MR) is 69.6 cm³/mol. The molecule has 1 heterocycles. The number of nitrogens with zero attached hydrogens (tertiary/aromatic N) is 1. The number of carbonyl (C=O) groups is 2. The summed E-state index contributed by atoms with van der Waals surface area (Å²) in [6.07, 6.45) is -0.881. The lowest BCUT2D eigenvalue weighted by Crippen LogP contribution is -2.35. The average Bonchev–Trinajstić information content (AvgIpc) is 2.44. The highest BCUT2D eigenvalue weighted by Gasteiger charge is 2.48. The Labute approximate surface area is 128 Å². The van der Waals surface area contributed by atoms with Crippen molar-refractivity contribution < 1.29 is 40.5 Å². The first-order valence-corrected chi connectivity index (χ1v) is 7.55. The predicted octanol–water partition coefficient (Wildman–Crippen LogP) is 1.76. The van der Waals surface area contributed by atoms with Gasteiger partial charge in [0.1, 0.15) is 0 Å². The van der Waals surface area contributed by atoms with Gasteiger partial charge in [-0.1, -0.05) is 0 Å². The number of rotatable bonds is 3. The van der Waals surface area contributed by atoms with Crippen LogP contribution in [-0.2, 0) is 23.1 Å². The highest BCUT2D eigenvalue weighted by molar-refractivity contribution is 7.88. The summed E-state index contributed by atoms with van der Waals surface area (Å²) in [5, 5.41) is 8.91. The van der Waals surface area contributed by atoms with Crippen molar-refractivity contribution in [2.24, 2.45) is 0 Å². The Kier molecular flexibility index (Phi) is 4.24. The second-order valence-electron chi connectivity index (χ2n) is 4.71. The molecule has 1 aliphatic heterocycles. The molecule has 23 heavy (non-hydrogen) atoms. The number of hydrogen-bond donors (Lipinski definition) is 1. The summed E-state index contributed by atoms with van der Waals surface area (Å²) in [6, 6.07) is 2.14. The van der Waals surface area contributed by atoms with Crippen LogP contribution >= 0.6 is 0 Å². The van der Waals surface area contributed by atoms with Crippen LogP contribution in [0.15, 0.2) is 12.1 Å². The number of amides is 1. The summed E-state index contributed by atoms with van der Waals surface area (Å²) >= 11 is 0. The first kappa shape index (κ1) is 17.1. The number of fused-ring (bicyclic) bond motifs is 1. The zero-order valence-corrected chi connectivity index (χ0v) is 12.1. The van der Waals surface area contributed by atoms with E-state index in [1.807, 2.05) is 0 Å². The molecule has 0 radical (unpaired) electrons. The summed E-state index contributed by atoms with van der Waals surface area (Å²) in [7, 11) is -5.90. The van der Waals surface area contributed by atoms with E-state index < -0.39 is 33.0 Å². The zero-order valence-electron chi connectivity index (χ0n) is 11.3. The topological polar surface area (TPSA) is 101 Å². The molecule has 126 valence electrons. The van der Waals surface area contributed by atoms with E-state index in [9.17, 15) is 31.2 Å². The van der Waals surface area contributed by atoms with E-state index in [0.717, 1.165) is 17.0 Å². The first-order valence-electron chi connectivity index (χ1n) is 6.15. The zero-order chi connectivity index (χ0) is 17.4. The van der Waals surface area contributed by atoms with Crippen molar-refractivity contribution in [3.05, 3.63) is 28.8 Å². The molecule has 0 spiro atoms. The fraction of sp³-hybridized carbons (Fsp3) is 0.333. The molecule has 1 aromatic carbocycles. The number of carbonyl (C=O) groups excluding carboxylic acids is 1. The standard InChI is InChI=1S/C12H10F3NO6S/c13-12(14,15)23(20,21)22-10-4-7-1-2-16(11(18)19)5-8(7)3-9(10)6-17/h3-4,6H,1-2,5H2,(H,18,19). The van der Waals surface area contributed by atoms with Crippen LogP contribution in [0.2, 0.25) is 0 Å². The smallest absolute Gasteiger partial charge is 0.465 e. The van der Waals surface area contributed by atoms with Crippen LogP contribution in [0.3, 0.4) is 0 Å².